The van der Waals surface area contributed by atoms with Crippen molar-refractivity contribution in [2.24, 2.45) is 0 Å². The van der Waals surface area contributed by atoms with Crippen molar-refractivity contribution in [1.82, 2.24) is 5.32 Å². The largest absolute Gasteiger partial charge is 0.396 e. The standard InChI is InChI=1S/C11H15I2NO/c12-10-3-2-9(11(13)8-10)4-6-14-5-1-7-15/h2-3,8,14-15H,1,4-7H2. The van der Waals surface area contributed by atoms with E-state index in [1.165, 1.54) is 12.7 Å². The number of benzene rings is 1. The van der Waals surface area contributed by atoms with Crippen molar-refractivity contribution in [3.63, 3.8) is 0 Å². The van der Waals surface area contributed by atoms with Crippen LogP contribution in [0.4, 0.5) is 0 Å². The molecule has 4 heteroatoms. The quantitative estimate of drug-likeness (QED) is 0.536. The monoisotopic (exact) mass is 431 g/mol. The van der Waals surface area contributed by atoms with Gasteiger partial charge in [-0.15, -0.1) is 0 Å². The van der Waals surface area contributed by atoms with Crippen LogP contribution in [-0.2, 0) is 6.42 Å². The zero-order chi connectivity index (χ0) is 11.1. The highest BCUT2D eigenvalue weighted by molar-refractivity contribution is 14.1. The highest BCUT2D eigenvalue weighted by Crippen LogP contribution is 2.16. The lowest BCUT2D eigenvalue weighted by Gasteiger charge is -2.06. The molecule has 2 N–H and O–H groups in total. The first-order valence-corrected chi connectivity index (χ1v) is 7.15. The average Bonchev–Trinajstić information content (AvgIpc) is 2.20. The molecule has 1 aromatic carbocycles. The Labute approximate surface area is 118 Å². The molecule has 0 aliphatic heterocycles. The fourth-order valence-corrected chi connectivity index (χ4v) is 3.15. The minimum Gasteiger partial charge on any atom is -0.396 e. The molecule has 0 amide bonds. The Morgan fingerprint density at radius 1 is 1.20 bits per heavy atom. The van der Waals surface area contributed by atoms with E-state index in [1.807, 2.05) is 0 Å². The van der Waals surface area contributed by atoms with Crippen molar-refractivity contribution >= 4 is 45.2 Å². The van der Waals surface area contributed by atoms with E-state index in [0.29, 0.717) is 0 Å². The molecule has 0 saturated heterocycles. The molecule has 0 unspecified atom stereocenters. The van der Waals surface area contributed by atoms with E-state index in [2.05, 4.69) is 68.7 Å². The lowest BCUT2D eigenvalue weighted by atomic mass is 10.1. The van der Waals surface area contributed by atoms with Gasteiger partial charge in [-0.2, -0.15) is 0 Å². The zero-order valence-electron chi connectivity index (χ0n) is 8.47. The van der Waals surface area contributed by atoms with E-state index < -0.39 is 0 Å². The molecule has 0 aliphatic carbocycles. The number of hydrogen-bond donors (Lipinski definition) is 2. The summed E-state index contributed by atoms with van der Waals surface area (Å²) in [6.45, 7) is 2.15. The third-order valence-corrected chi connectivity index (χ3v) is 3.77. The van der Waals surface area contributed by atoms with E-state index in [1.54, 1.807) is 0 Å². The molecule has 1 rings (SSSR count). The minimum absolute atomic E-state index is 0.272. The molecule has 0 saturated carbocycles. The van der Waals surface area contributed by atoms with Gasteiger partial charge in [0.15, 0.2) is 0 Å². The van der Waals surface area contributed by atoms with Crippen molar-refractivity contribution in [2.45, 2.75) is 12.8 Å². The molecule has 84 valence electrons. The number of aliphatic hydroxyl groups excluding tert-OH is 1. The van der Waals surface area contributed by atoms with Gasteiger partial charge >= 0.3 is 0 Å². The van der Waals surface area contributed by atoms with Gasteiger partial charge in [0.1, 0.15) is 0 Å². The van der Waals surface area contributed by atoms with Crippen LogP contribution in [-0.4, -0.2) is 24.8 Å². The lowest BCUT2D eigenvalue weighted by molar-refractivity contribution is 0.286. The maximum Gasteiger partial charge on any atom is 0.0443 e. The molecule has 1 aromatic rings. The molecule has 0 spiro atoms. The Hall–Kier alpha value is 0.600. The number of hydrogen-bond acceptors (Lipinski definition) is 2. The Balaban J connectivity index is 2.31. The lowest BCUT2D eigenvalue weighted by Crippen LogP contribution is -2.19. The first-order chi connectivity index (χ1) is 7.24. The molecule has 15 heavy (non-hydrogen) atoms. The van der Waals surface area contributed by atoms with Gasteiger partial charge in [0.25, 0.3) is 0 Å². The highest BCUT2D eigenvalue weighted by atomic mass is 127. The van der Waals surface area contributed by atoms with Crippen LogP contribution in [0.5, 0.6) is 0 Å². The normalized spacial score (nSPS) is 10.6. The molecule has 0 bridgehead atoms. The van der Waals surface area contributed by atoms with Crippen LogP contribution in [0.1, 0.15) is 12.0 Å². The van der Waals surface area contributed by atoms with E-state index >= 15 is 0 Å². The van der Waals surface area contributed by atoms with Crippen molar-refractivity contribution in [3.05, 3.63) is 30.9 Å². The van der Waals surface area contributed by atoms with Crippen LogP contribution in [0.15, 0.2) is 18.2 Å². The predicted octanol–water partition coefficient (Wildman–Crippen LogP) is 2.41. The fraction of sp³-hybridized carbons (Fsp3) is 0.455. The van der Waals surface area contributed by atoms with E-state index in [0.717, 1.165) is 25.9 Å². The number of rotatable bonds is 6. The summed E-state index contributed by atoms with van der Waals surface area (Å²) >= 11 is 4.71. The van der Waals surface area contributed by atoms with Crippen LogP contribution in [0.3, 0.4) is 0 Å². The summed E-state index contributed by atoms with van der Waals surface area (Å²) in [5.74, 6) is 0. The van der Waals surface area contributed by atoms with Gasteiger partial charge in [0.2, 0.25) is 0 Å². The second kappa shape index (κ2) is 7.81. The van der Waals surface area contributed by atoms with Crippen LogP contribution < -0.4 is 5.32 Å². The number of aliphatic hydroxyl groups is 1. The van der Waals surface area contributed by atoms with Crippen LogP contribution in [0.2, 0.25) is 0 Å². The van der Waals surface area contributed by atoms with Crippen molar-refractivity contribution in [1.29, 1.82) is 0 Å². The first kappa shape index (κ1) is 13.7. The van der Waals surface area contributed by atoms with Gasteiger partial charge in [-0.25, -0.2) is 0 Å². The molecule has 0 aromatic heterocycles. The van der Waals surface area contributed by atoms with Crippen LogP contribution in [0.25, 0.3) is 0 Å². The molecule has 2 nitrogen and oxygen atoms in total. The van der Waals surface area contributed by atoms with Gasteiger partial charge in [-0.05, 0) is 88.8 Å². The summed E-state index contributed by atoms with van der Waals surface area (Å²) in [6, 6.07) is 6.53. The van der Waals surface area contributed by atoms with E-state index in [-0.39, 0.29) is 6.61 Å². The van der Waals surface area contributed by atoms with Gasteiger partial charge in [0, 0.05) is 13.7 Å². The summed E-state index contributed by atoms with van der Waals surface area (Å²) in [4.78, 5) is 0. The molecule has 0 heterocycles. The van der Waals surface area contributed by atoms with Crippen molar-refractivity contribution in [3.8, 4) is 0 Å². The summed E-state index contributed by atoms with van der Waals surface area (Å²) in [6.07, 6.45) is 1.89. The van der Waals surface area contributed by atoms with Crippen molar-refractivity contribution < 1.29 is 5.11 Å². The second-order valence-electron chi connectivity index (χ2n) is 3.31. The maximum atomic E-state index is 8.62. The Bertz CT molecular complexity index is 305. The molecule has 0 atom stereocenters. The summed E-state index contributed by atoms with van der Waals surface area (Å²) in [5, 5.41) is 11.9. The van der Waals surface area contributed by atoms with Gasteiger partial charge in [-0.3, -0.25) is 0 Å². The topological polar surface area (TPSA) is 32.3 Å². The maximum absolute atomic E-state index is 8.62. The third-order valence-electron chi connectivity index (χ3n) is 2.10. The SMILES string of the molecule is OCCCNCCc1ccc(I)cc1I. The van der Waals surface area contributed by atoms with Gasteiger partial charge in [-0.1, -0.05) is 6.07 Å². The Morgan fingerprint density at radius 2 is 2.00 bits per heavy atom. The summed E-state index contributed by atoms with van der Waals surface area (Å²) < 4.78 is 2.62. The van der Waals surface area contributed by atoms with Gasteiger partial charge < -0.3 is 10.4 Å². The molecule has 0 aliphatic rings. The Kier molecular flexibility index (Phi) is 7.11. The minimum atomic E-state index is 0.272. The predicted molar refractivity (Wildman–Crippen MR) is 80.2 cm³/mol. The zero-order valence-corrected chi connectivity index (χ0v) is 12.8. The average molecular weight is 431 g/mol. The molecule has 0 fully saturated rings. The number of nitrogens with one attached hydrogen (secondary N) is 1. The smallest absolute Gasteiger partial charge is 0.0443 e. The summed E-state index contributed by atoms with van der Waals surface area (Å²) in [7, 11) is 0. The number of halogens is 2. The second-order valence-corrected chi connectivity index (χ2v) is 5.72. The summed E-state index contributed by atoms with van der Waals surface area (Å²) in [5.41, 5.74) is 1.40. The van der Waals surface area contributed by atoms with Crippen molar-refractivity contribution in [2.75, 3.05) is 19.7 Å². The molecule has 0 radical (unpaired) electrons. The van der Waals surface area contributed by atoms with Crippen LogP contribution >= 0.6 is 45.2 Å². The molecular weight excluding hydrogens is 416 g/mol. The fourth-order valence-electron chi connectivity index (χ4n) is 1.28. The van der Waals surface area contributed by atoms with Gasteiger partial charge in [0.05, 0.1) is 0 Å². The molecular formula is C11H15I2NO. The van der Waals surface area contributed by atoms with E-state index in [4.69, 9.17) is 5.11 Å². The van der Waals surface area contributed by atoms with E-state index in [9.17, 15) is 0 Å². The third kappa shape index (κ3) is 5.46. The van der Waals surface area contributed by atoms with Crippen LogP contribution in [0, 0.1) is 7.14 Å². The highest BCUT2D eigenvalue weighted by Gasteiger charge is 1.99. The first-order valence-electron chi connectivity index (χ1n) is 4.99. The Morgan fingerprint density at radius 3 is 2.67 bits per heavy atom.